The maximum Gasteiger partial charge on any atom is 0.422 e. The van der Waals surface area contributed by atoms with Crippen molar-refractivity contribution in [1.82, 2.24) is 4.90 Å². The molecule has 2 aromatic rings. The van der Waals surface area contributed by atoms with Crippen molar-refractivity contribution in [3.05, 3.63) is 60.2 Å². The van der Waals surface area contributed by atoms with Crippen LogP contribution >= 0.6 is 0 Å². The molecule has 0 unspecified atom stereocenters. The predicted molar refractivity (Wildman–Crippen MR) is 115 cm³/mol. The normalized spacial score (nSPS) is 18.3. The van der Waals surface area contributed by atoms with Crippen LogP contribution in [0.1, 0.15) is 36.0 Å². The number of carbonyl (C=O) groups excluding carboxylic acids is 3. The molecular weight excluding hydrogens is 396 g/mol. The first-order valence-electron chi connectivity index (χ1n) is 10.5. The van der Waals surface area contributed by atoms with Gasteiger partial charge < -0.3 is 14.4 Å². The Balaban J connectivity index is 1.30. The number of nitrogens with zero attached hydrogens (tertiary/aromatic N) is 2. The quantitative estimate of drug-likeness (QED) is 0.634. The lowest BCUT2D eigenvalue weighted by atomic mass is 9.90. The van der Waals surface area contributed by atoms with E-state index in [1.165, 1.54) is 0 Å². The van der Waals surface area contributed by atoms with Crippen molar-refractivity contribution < 1.29 is 23.9 Å². The standard InChI is InChI=1S/C24H26N2O5/c1-30-20-11-9-19(10-12-20)26-22(28)24(31-23(26)29)13-16-25(17-14-24)15-5-8-21(27)18-6-3-2-4-7-18/h2-4,6-7,9-12H,5,8,13-17H2,1H3. The van der Waals surface area contributed by atoms with Gasteiger partial charge in [-0.3, -0.25) is 9.59 Å². The number of ether oxygens (including phenoxy) is 2. The summed E-state index contributed by atoms with van der Waals surface area (Å²) in [6.07, 6.45) is 1.53. The van der Waals surface area contributed by atoms with Gasteiger partial charge in [0.2, 0.25) is 0 Å². The fourth-order valence-electron chi connectivity index (χ4n) is 4.18. The van der Waals surface area contributed by atoms with E-state index >= 15 is 0 Å². The third kappa shape index (κ3) is 4.32. The van der Waals surface area contributed by atoms with Crippen LogP contribution in [0.5, 0.6) is 5.75 Å². The van der Waals surface area contributed by atoms with Crippen molar-refractivity contribution in [2.45, 2.75) is 31.3 Å². The first-order valence-corrected chi connectivity index (χ1v) is 10.5. The molecule has 2 saturated heterocycles. The van der Waals surface area contributed by atoms with Crippen molar-refractivity contribution >= 4 is 23.5 Å². The van der Waals surface area contributed by atoms with Crippen molar-refractivity contribution in [3.8, 4) is 5.75 Å². The zero-order chi connectivity index (χ0) is 21.8. The number of amides is 2. The van der Waals surface area contributed by atoms with Crippen LogP contribution < -0.4 is 9.64 Å². The maximum absolute atomic E-state index is 13.1. The van der Waals surface area contributed by atoms with Crippen molar-refractivity contribution in [3.63, 3.8) is 0 Å². The number of anilines is 1. The predicted octanol–water partition coefficient (Wildman–Crippen LogP) is 3.68. The maximum atomic E-state index is 13.1. The Bertz CT molecular complexity index is 950. The Labute approximate surface area is 181 Å². The minimum atomic E-state index is -1.09. The Hall–Kier alpha value is -3.19. The molecule has 7 nitrogen and oxygen atoms in total. The lowest BCUT2D eigenvalue weighted by Crippen LogP contribution is -2.50. The molecule has 162 valence electrons. The SMILES string of the molecule is COc1ccc(N2C(=O)OC3(CCN(CCCC(=O)c4ccccc4)CC3)C2=O)cc1. The minimum Gasteiger partial charge on any atom is -0.497 e. The molecule has 0 N–H and O–H groups in total. The zero-order valence-electron chi connectivity index (χ0n) is 17.6. The van der Waals surface area contributed by atoms with Gasteiger partial charge in [0.05, 0.1) is 12.8 Å². The summed E-state index contributed by atoms with van der Waals surface area (Å²) in [4.78, 5) is 41.2. The van der Waals surface area contributed by atoms with Gasteiger partial charge in [-0.15, -0.1) is 0 Å². The monoisotopic (exact) mass is 422 g/mol. The van der Waals surface area contributed by atoms with E-state index in [0.29, 0.717) is 43.8 Å². The topological polar surface area (TPSA) is 76.2 Å². The van der Waals surface area contributed by atoms with E-state index in [1.54, 1.807) is 31.4 Å². The highest BCUT2D eigenvalue weighted by Crippen LogP contribution is 2.37. The molecule has 2 heterocycles. The van der Waals surface area contributed by atoms with Crippen molar-refractivity contribution in [2.24, 2.45) is 0 Å². The highest BCUT2D eigenvalue weighted by Gasteiger charge is 2.55. The van der Waals surface area contributed by atoms with E-state index in [1.807, 2.05) is 30.3 Å². The van der Waals surface area contributed by atoms with Gasteiger partial charge in [-0.1, -0.05) is 30.3 Å². The molecule has 0 aromatic heterocycles. The second kappa shape index (κ2) is 8.89. The number of hydrogen-bond donors (Lipinski definition) is 0. The van der Waals surface area contributed by atoms with Crippen LogP contribution in [-0.2, 0) is 9.53 Å². The summed E-state index contributed by atoms with van der Waals surface area (Å²) in [6, 6.07) is 16.1. The second-order valence-corrected chi connectivity index (χ2v) is 7.94. The van der Waals surface area contributed by atoms with Crippen LogP contribution in [0.4, 0.5) is 10.5 Å². The smallest absolute Gasteiger partial charge is 0.422 e. The summed E-state index contributed by atoms with van der Waals surface area (Å²) in [5, 5.41) is 0. The number of ketones is 1. The van der Waals surface area contributed by atoms with Crippen LogP contribution in [0.15, 0.2) is 54.6 Å². The number of methoxy groups -OCH3 is 1. The molecule has 2 amide bonds. The van der Waals surface area contributed by atoms with E-state index in [2.05, 4.69) is 4.90 Å². The van der Waals surface area contributed by atoms with Crippen LogP contribution in [0.2, 0.25) is 0 Å². The molecule has 7 heteroatoms. The molecule has 1 spiro atoms. The van der Waals surface area contributed by atoms with E-state index < -0.39 is 11.7 Å². The molecule has 0 bridgehead atoms. The molecule has 0 radical (unpaired) electrons. The van der Waals surface area contributed by atoms with Gasteiger partial charge in [-0.2, -0.15) is 0 Å². The van der Waals surface area contributed by atoms with Crippen LogP contribution in [0.3, 0.4) is 0 Å². The number of benzene rings is 2. The second-order valence-electron chi connectivity index (χ2n) is 7.94. The van der Waals surface area contributed by atoms with Gasteiger partial charge in [0.1, 0.15) is 5.75 Å². The summed E-state index contributed by atoms with van der Waals surface area (Å²) in [5.74, 6) is 0.489. The average Bonchev–Trinajstić information content (AvgIpc) is 3.04. The molecule has 0 aliphatic carbocycles. The molecule has 2 aliphatic rings. The van der Waals surface area contributed by atoms with E-state index in [4.69, 9.17) is 9.47 Å². The number of likely N-dealkylation sites (tertiary alicyclic amines) is 1. The summed E-state index contributed by atoms with van der Waals surface area (Å²) in [5.41, 5.74) is 0.129. The number of Topliss-reactive ketones (excluding diaryl/α,β-unsaturated/α-hetero) is 1. The molecule has 0 saturated carbocycles. The summed E-state index contributed by atoms with van der Waals surface area (Å²) < 4.78 is 10.7. The summed E-state index contributed by atoms with van der Waals surface area (Å²) >= 11 is 0. The Morgan fingerprint density at radius 1 is 1.03 bits per heavy atom. The van der Waals surface area contributed by atoms with Gasteiger partial charge >= 0.3 is 6.09 Å². The number of carbonyl (C=O) groups is 3. The van der Waals surface area contributed by atoms with Gasteiger partial charge in [-0.05, 0) is 37.2 Å². The third-order valence-electron chi connectivity index (χ3n) is 6.03. The van der Waals surface area contributed by atoms with Crippen molar-refractivity contribution in [2.75, 3.05) is 31.6 Å². The van der Waals surface area contributed by atoms with Gasteiger partial charge in [0.25, 0.3) is 5.91 Å². The molecule has 4 rings (SSSR count). The number of piperidine rings is 1. The number of imide groups is 1. The van der Waals surface area contributed by atoms with E-state index in [0.717, 1.165) is 23.4 Å². The van der Waals surface area contributed by atoms with Crippen LogP contribution in [0.25, 0.3) is 0 Å². The van der Waals surface area contributed by atoms with E-state index in [9.17, 15) is 14.4 Å². The van der Waals surface area contributed by atoms with Gasteiger partial charge in [-0.25, -0.2) is 9.69 Å². The first-order chi connectivity index (χ1) is 15.0. The summed E-state index contributed by atoms with van der Waals surface area (Å²) in [6.45, 7) is 2.07. The fraction of sp³-hybridized carbons (Fsp3) is 0.375. The highest BCUT2D eigenvalue weighted by atomic mass is 16.6. The molecule has 31 heavy (non-hydrogen) atoms. The van der Waals surface area contributed by atoms with Gasteiger partial charge in [0.15, 0.2) is 11.4 Å². The summed E-state index contributed by atoms with van der Waals surface area (Å²) in [7, 11) is 1.56. The number of hydrogen-bond acceptors (Lipinski definition) is 6. The molecule has 2 fully saturated rings. The Morgan fingerprint density at radius 3 is 2.35 bits per heavy atom. The lowest BCUT2D eigenvalue weighted by Gasteiger charge is -2.36. The lowest BCUT2D eigenvalue weighted by molar-refractivity contribution is -0.133. The fourth-order valence-corrected chi connectivity index (χ4v) is 4.18. The molecular formula is C24H26N2O5. The van der Waals surface area contributed by atoms with E-state index in [-0.39, 0.29) is 11.7 Å². The highest BCUT2D eigenvalue weighted by molar-refractivity contribution is 6.20. The molecule has 0 atom stereocenters. The van der Waals surface area contributed by atoms with Crippen LogP contribution in [-0.4, -0.2) is 55.0 Å². The zero-order valence-corrected chi connectivity index (χ0v) is 17.6. The molecule has 2 aromatic carbocycles. The van der Waals surface area contributed by atoms with Gasteiger partial charge in [0, 0.05) is 37.9 Å². The van der Waals surface area contributed by atoms with Crippen molar-refractivity contribution in [1.29, 1.82) is 0 Å². The number of rotatable bonds is 7. The largest absolute Gasteiger partial charge is 0.497 e. The molecule has 2 aliphatic heterocycles. The third-order valence-corrected chi connectivity index (χ3v) is 6.03. The average molecular weight is 422 g/mol. The minimum absolute atomic E-state index is 0.143. The first kappa shape index (κ1) is 21.1. The Morgan fingerprint density at radius 2 is 1.71 bits per heavy atom. The Kier molecular flexibility index (Phi) is 6.04. The van der Waals surface area contributed by atoms with Crippen LogP contribution in [0, 0.1) is 0 Å².